The summed E-state index contributed by atoms with van der Waals surface area (Å²) >= 11 is 0. The van der Waals surface area contributed by atoms with Gasteiger partial charge in [-0.15, -0.1) is 0 Å². The normalized spacial score (nSPS) is 10.4. The lowest BCUT2D eigenvalue weighted by atomic mass is 10.0. The summed E-state index contributed by atoms with van der Waals surface area (Å²) in [5, 5.41) is 14.2. The van der Waals surface area contributed by atoms with Crippen LogP contribution in [0.4, 0.5) is 0 Å². The van der Waals surface area contributed by atoms with E-state index in [4.69, 9.17) is 0 Å². The van der Waals surface area contributed by atoms with Gasteiger partial charge in [0.05, 0.1) is 11.3 Å². The SMILES string of the molecule is Cc1cc(C)n(CC(=O)NNC(=O)c2ccc(C)c(C)c2O)n1. The standard InChI is InChI=1S/C16H20N4O3/c1-9-5-6-13(15(22)12(9)4)16(23)18-17-14(21)8-20-11(3)7-10(2)19-20/h5-7,22H,8H2,1-4H3,(H,17,21)(H,18,23). The maximum Gasteiger partial charge on any atom is 0.273 e. The second kappa shape index (κ2) is 6.51. The number of carbonyl (C=O) groups excluding carboxylic acids is 2. The molecule has 0 saturated heterocycles. The van der Waals surface area contributed by atoms with Crippen molar-refractivity contribution in [2.45, 2.75) is 34.2 Å². The molecule has 23 heavy (non-hydrogen) atoms. The maximum atomic E-state index is 12.0. The highest BCUT2D eigenvalue weighted by Crippen LogP contribution is 2.24. The number of rotatable bonds is 3. The van der Waals surface area contributed by atoms with Gasteiger partial charge >= 0.3 is 0 Å². The van der Waals surface area contributed by atoms with Crippen molar-refractivity contribution in [2.75, 3.05) is 0 Å². The van der Waals surface area contributed by atoms with E-state index in [2.05, 4.69) is 16.0 Å². The van der Waals surface area contributed by atoms with Crippen LogP contribution >= 0.6 is 0 Å². The van der Waals surface area contributed by atoms with Gasteiger partial charge in [0.15, 0.2) is 0 Å². The summed E-state index contributed by atoms with van der Waals surface area (Å²) in [4.78, 5) is 23.9. The van der Waals surface area contributed by atoms with E-state index in [1.807, 2.05) is 26.8 Å². The van der Waals surface area contributed by atoms with Gasteiger partial charge in [0.25, 0.3) is 11.8 Å². The Morgan fingerprint density at radius 1 is 1.17 bits per heavy atom. The van der Waals surface area contributed by atoms with Gasteiger partial charge in [-0.1, -0.05) is 6.07 Å². The number of hydrogen-bond donors (Lipinski definition) is 3. The van der Waals surface area contributed by atoms with E-state index in [9.17, 15) is 14.7 Å². The molecule has 0 aliphatic rings. The highest BCUT2D eigenvalue weighted by molar-refractivity contribution is 5.98. The predicted octanol–water partition coefficient (Wildman–Crippen LogP) is 1.28. The van der Waals surface area contributed by atoms with Crippen LogP contribution in [0.1, 0.15) is 32.9 Å². The third kappa shape index (κ3) is 3.68. The molecule has 1 aromatic heterocycles. The maximum absolute atomic E-state index is 12.0. The van der Waals surface area contributed by atoms with E-state index < -0.39 is 11.8 Å². The quantitative estimate of drug-likeness (QED) is 0.743. The molecule has 122 valence electrons. The first-order chi connectivity index (χ1) is 10.8. The molecular weight excluding hydrogens is 296 g/mol. The fraction of sp³-hybridized carbons (Fsp3) is 0.312. The van der Waals surface area contributed by atoms with E-state index in [1.165, 1.54) is 6.07 Å². The number of carbonyl (C=O) groups is 2. The van der Waals surface area contributed by atoms with Crippen molar-refractivity contribution in [3.8, 4) is 5.75 Å². The molecule has 2 rings (SSSR count). The van der Waals surface area contributed by atoms with Crippen LogP contribution < -0.4 is 10.9 Å². The van der Waals surface area contributed by atoms with E-state index in [-0.39, 0.29) is 17.9 Å². The lowest BCUT2D eigenvalue weighted by Gasteiger charge is -2.11. The number of phenolic OH excluding ortho intramolecular Hbond substituents is 1. The Morgan fingerprint density at radius 3 is 2.48 bits per heavy atom. The van der Waals surface area contributed by atoms with Crippen LogP contribution in [0.3, 0.4) is 0 Å². The molecule has 0 spiro atoms. The Bertz CT molecular complexity index is 765. The zero-order valence-electron chi connectivity index (χ0n) is 13.6. The second-order valence-corrected chi connectivity index (χ2v) is 5.49. The van der Waals surface area contributed by atoms with Crippen LogP contribution in [0, 0.1) is 27.7 Å². The number of amides is 2. The van der Waals surface area contributed by atoms with Crippen molar-refractivity contribution in [2.24, 2.45) is 0 Å². The van der Waals surface area contributed by atoms with E-state index in [1.54, 1.807) is 17.7 Å². The van der Waals surface area contributed by atoms with E-state index in [0.717, 1.165) is 17.0 Å². The van der Waals surface area contributed by atoms with Gasteiger partial charge in [-0.2, -0.15) is 5.10 Å². The topological polar surface area (TPSA) is 96.2 Å². The fourth-order valence-corrected chi connectivity index (χ4v) is 2.19. The van der Waals surface area contributed by atoms with Crippen molar-refractivity contribution >= 4 is 11.8 Å². The molecule has 1 heterocycles. The molecule has 0 radical (unpaired) electrons. The fourth-order valence-electron chi connectivity index (χ4n) is 2.19. The number of benzene rings is 1. The van der Waals surface area contributed by atoms with Crippen LogP contribution in [0.2, 0.25) is 0 Å². The minimum atomic E-state index is -0.577. The average Bonchev–Trinajstić information content (AvgIpc) is 2.80. The van der Waals surface area contributed by atoms with Gasteiger partial charge in [0, 0.05) is 5.69 Å². The third-order valence-electron chi connectivity index (χ3n) is 3.66. The average molecular weight is 316 g/mol. The molecule has 0 aliphatic heterocycles. The van der Waals surface area contributed by atoms with Gasteiger partial charge in [0.2, 0.25) is 0 Å². The van der Waals surface area contributed by atoms with Gasteiger partial charge in [-0.25, -0.2) is 0 Å². The summed E-state index contributed by atoms with van der Waals surface area (Å²) < 4.78 is 1.55. The number of nitrogens with zero attached hydrogens (tertiary/aromatic N) is 2. The zero-order valence-corrected chi connectivity index (χ0v) is 13.6. The van der Waals surface area contributed by atoms with Crippen molar-refractivity contribution in [3.05, 3.63) is 46.3 Å². The summed E-state index contributed by atoms with van der Waals surface area (Å²) in [5.74, 6) is -1.07. The summed E-state index contributed by atoms with van der Waals surface area (Å²) in [6.45, 7) is 7.25. The Hall–Kier alpha value is -2.83. The number of aryl methyl sites for hydroxylation is 3. The Balaban J connectivity index is 1.98. The first-order valence-electron chi connectivity index (χ1n) is 7.19. The first kappa shape index (κ1) is 16.5. The molecule has 7 heteroatoms. The molecule has 2 aromatic rings. The number of hydrazine groups is 1. The Morgan fingerprint density at radius 2 is 1.87 bits per heavy atom. The van der Waals surface area contributed by atoms with E-state index in [0.29, 0.717) is 5.56 Å². The molecule has 1 aromatic carbocycles. The highest BCUT2D eigenvalue weighted by Gasteiger charge is 2.15. The van der Waals surface area contributed by atoms with Crippen molar-refractivity contribution < 1.29 is 14.7 Å². The highest BCUT2D eigenvalue weighted by atomic mass is 16.3. The molecule has 0 fully saturated rings. The molecule has 7 nitrogen and oxygen atoms in total. The van der Waals surface area contributed by atoms with Crippen molar-refractivity contribution in [1.82, 2.24) is 20.6 Å². The lowest BCUT2D eigenvalue weighted by Crippen LogP contribution is -2.43. The molecule has 0 atom stereocenters. The molecule has 0 unspecified atom stereocenters. The largest absolute Gasteiger partial charge is 0.507 e. The molecule has 2 amide bonds. The Labute approximate surface area is 134 Å². The summed E-state index contributed by atoms with van der Waals surface area (Å²) in [7, 11) is 0. The third-order valence-corrected chi connectivity index (χ3v) is 3.66. The molecular formula is C16H20N4O3. The van der Waals surface area contributed by atoms with Gasteiger partial charge in [0.1, 0.15) is 12.3 Å². The van der Waals surface area contributed by atoms with Crippen LogP contribution in [0.5, 0.6) is 5.75 Å². The van der Waals surface area contributed by atoms with Crippen LogP contribution in [-0.4, -0.2) is 26.7 Å². The second-order valence-electron chi connectivity index (χ2n) is 5.49. The van der Waals surface area contributed by atoms with Gasteiger partial charge in [-0.05, 0) is 51.0 Å². The van der Waals surface area contributed by atoms with Crippen LogP contribution in [0.15, 0.2) is 18.2 Å². The lowest BCUT2D eigenvalue weighted by molar-refractivity contribution is -0.122. The summed E-state index contributed by atoms with van der Waals surface area (Å²) in [6.07, 6.45) is 0. The van der Waals surface area contributed by atoms with Crippen molar-refractivity contribution in [3.63, 3.8) is 0 Å². The molecule has 0 aliphatic carbocycles. The number of hydrogen-bond acceptors (Lipinski definition) is 4. The van der Waals surface area contributed by atoms with Gasteiger partial charge < -0.3 is 5.11 Å². The molecule has 0 bridgehead atoms. The number of phenols is 1. The zero-order chi connectivity index (χ0) is 17.1. The van der Waals surface area contributed by atoms with Crippen LogP contribution in [0.25, 0.3) is 0 Å². The number of aromatic nitrogens is 2. The van der Waals surface area contributed by atoms with Gasteiger partial charge in [-0.3, -0.25) is 25.1 Å². The number of nitrogens with one attached hydrogen (secondary N) is 2. The Kier molecular flexibility index (Phi) is 4.68. The minimum Gasteiger partial charge on any atom is -0.507 e. The minimum absolute atomic E-state index is 0.00113. The first-order valence-corrected chi connectivity index (χ1v) is 7.19. The van der Waals surface area contributed by atoms with Crippen LogP contribution in [-0.2, 0) is 11.3 Å². The smallest absolute Gasteiger partial charge is 0.273 e. The van der Waals surface area contributed by atoms with Crippen molar-refractivity contribution in [1.29, 1.82) is 0 Å². The molecule has 3 N–H and O–H groups in total. The predicted molar refractivity (Wildman–Crippen MR) is 84.9 cm³/mol. The summed E-state index contributed by atoms with van der Waals surface area (Å²) in [6, 6.07) is 5.11. The molecule has 0 saturated carbocycles. The monoisotopic (exact) mass is 316 g/mol. The number of aromatic hydroxyl groups is 1. The summed E-state index contributed by atoms with van der Waals surface area (Å²) in [5.41, 5.74) is 7.91. The van der Waals surface area contributed by atoms with E-state index >= 15 is 0 Å².